The highest BCUT2D eigenvalue weighted by Crippen LogP contribution is 2.32. The molecule has 0 unspecified atom stereocenters. The average molecular weight is 502 g/mol. The number of aromatic nitrogens is 5. The number of fused-ring (bicyclic) bond motifs is 1. The molecule has 0 atom stereocenters. The van der Waals surface area contributed by atoms with Gasteiger partial charge in [0.2, 0.25) is 0 Å². The molecular formula is C34H23N5. The number of nitrogens with one attached hydrogen (secondary N) is 1. The molecule has 0 saturated heterocycles. The minimum Gasteiger partial charge on any atom is -0.342 e. The lowest BCUT2D eigenvalue weighted by Crippen LogP contribution is -1.96. The molecule has 0 saturated carbocycles. The van der Waals surface area contributed by atoms with E-state index in [1.54, 1.807) is 12.5 Å². The molecule has 39 heavy (non-hydrogen) atoms. The third-order valence-corrected chi connectivity index (χ3v) is 6.86. The van der Waals surface area contributed by atoms with Crippen LogP contribution in [0, 0.1) is 0 Å². The van der Waals surface area contributed by atoms with Crippen molar-refractivity contribution in [1.82, 2.24) is 24.9 Å². The van der Waals surface area contributed by atoms with E-state index in [1.807, 2.05) is 18.3 Å². The van der Waals surface area contributed by atoms with Gasteiger partial charge in [0, 0.05) is 28.3 Å². The van der Waals surface area contributed by atoms with E-state index in [1.165, 1.54) is 11.1 Å². The first-order chi connectivity index (χ1) is 19.3. The Morgan fingerprint density at radius 2 is 1.23 bits per heavy atom. The van der Waals surface area contributed by atoms with Crippen LogP contribution >= 0.6 is 0 Å². The Labute approximate surface area is 225 Å². The topological polar surface area (TPSA) is 67.3 Å². The summed E-state index contributed by atoms with van der Waals surface area (Å²) in [5.74, 6) is 0.601. The number of hydrogen-bond acceptors (Lipinski definition) is 4. The molecule has 0 aliphatic heterocycles. The molecule has 1 N–H and O–H groups in total. The van der Waals surface area contributed by atoms with Crippen LogP contribution in [0.5, 0.6) is 0 Å². The second-order valence-electron chi connectivity index (χ2n) is 9.33. The Morgan fingerprint density at radius 3 is 2.05 bits per heavy atom. The van der Waals surface area contributed by atoms with Crippen molar-refractivity contribution >= 4 is 10.9 Å². The van der Waals surface area contributed by atoms with Crippen molar-refractivity contribution in [3.05, 3.63) is 134 Å². The Hall–Kier alpha value is -5.42. The van der Waals surface area contributed by atoms with Crippen LogP contribution in [-0.4, -0.2) is 24.9 Å². The zero-order chi connectivity index (χ0) is 26.0. The van der Waals surface area contributed by atoms with Gasteiger partial charge in [-0.3, -0.25) is 4.98 Å². The number of pyridine rings is 1. The molecule has 0 spiro atoms. The van der Waals surface area contributed by atoms with Crippen LogP contribution in [0.15, 0.2) is 134 Å². The van der Waals surface area contributed by atoms with Gasteiger partial charge in [0.25, 0.3) is 0 Å². The van der Waals surface area contributed by atoms with Crippen LogP contribution in [0.25, 0.3) is 67.2 Å². The van der Waals surface area contributed by atoms with Crippen LogP contribution in [0.2, 0.25) is 0 Å². The average Bonchev–Trinajstić information content (AvgIpc) is 3.57. The molecule has 7 aromatic rings. The number of hydrogen-bond donors (Lipinski definition) is 1. The minimum atomic E-state index is 0.601. The number of aromatic amines is 1. The summed E-state index contributed by atoms with van der Waals surface area (Å²) >= 11 is 0. The summed E-state index contributed by atoms with van der Waals surface area (Å²) < 4.78 is 0. The second kappa shape index (κ2) is 9.80. The van der Waals surface area contributed by atoms with E-state index < -0.39 is 0 Å². The molecular weight excluding hydrogens is 478 g/mol. The van der Waals surface area contributed by atoms with Crippen molar-refractivity contribution in [3.8, 4) is 56.3 Å². The number of benzene rings is 4. The van der Waals surface area contributed by atoms with E-state index in [0.29, 0.717) is 5.82 Å². The lowest BCUT2D eigenvalue weighted by Gasteiger charge is -2.11. The van der Waals surface area contributed by atoms with E-state index >= 15 is 0 Å². The normalized spacial score (nSPS) is 11.1. The van der Waals surface area contributed by atoms with Gasteiger partial charge in [0.15, 0.2) is 5.82 Å². The van der Waals surface area contributed by atoms with Crippen LogP contribution in [0.4, 0.5) is 0 Å². The third kappa shape index (κ3) is 4.47. The fourth-order valence-electron chi connectivity index (χ4n) is 4.89. The van der Waals surface area contributed by atoms with Crippen molar-refractivity contribution < 1.29 is 0 Å². The van der Waals surface area contributed by atoms with E-state index in [0.717, 1.165) is 50.2 Å². The van der Waals surface area contributed by atoms with Crippen molar-refractivity contribution in [2.24, 2.45) is 0 Å². The quantitative estimate of drug-likeness (QED) is 0.259. The van der Waals surface area contributed by atoms with E-state index in [4.69, 9.17) is 9.97 Å². The van der Waals surface area contributed by atoms with Gasteiger partial charge in [-0.2, -0.15) is 0 Å². The van der Waals surface area contributed by atoms with Gasteiger partial charge >= 0.3 is 0 Å². The summed E-state index contributed by atoms with van der Waals surface area (Å²) in [5, 5.41) is 1.12. The molecule has 0 aliphatic rings. The number of imidazole rings is 1. The fraction of sp³-hybridized carbons (Fsp3) is 0. The summed E-state index contributed by atoms with van der Waals surface area (Å²) in [5.41, 5.74) is 10.0. The smallest absolute Gasteiger partial charge is 0.178 e. The van der Waals surface area contributed by atoms with Gasteiger partial charge in [0.1, 0.15) is 5.69 Å². The van der Waals surface area contributed by atoms with Crippen molar-refractivity contribution in [2.75, 3.05) is 0 Å². The fourth-order valence-corrected chi connectivity index (χ4v) is 4.89. The molecule has 3 heterocycles. The lowest BCUT2D eigenvalue weighted by atomic mass is 9.98. The molecule has 184 valence electrons. The molecule has 4 aromatic carbocycles. The predicted octanol–water partition coefficient (Wildman–Crippen LogP) is 8.08. The monoisotopic (exact) mass is 501 g/mol. The van der Waals surface area contributed by atoms with Crippen molar-refractivity contribution in [1.29, 1.82) is 0 Å². The van der Waals surface area contributed by atoms with Crippen LogP contribution in [0.1, 0.15) is 0 Å². The van der Waals surface area contributed by atoms with Crippen LogP contribution in [0.3, 0.4) is 0 Å². The maximum absolute atomic E-state index is 4.94. The number of nitrogens with zero attached hydrogens (tertiary/aromatic N) is 4. The van der Waals surface area contributed by atoms with Gasteiger partial charge in [0.05, 0.1) is 29.4 Å². The zero-order valence-electron chi connectivity index (χ0n) is 21.0. The number of rotatable bonds is 5. The second-order valence-corrected chi connectivity index (χ2v) is 9.33. The Balaban J connectivity index is 1.33. The first kappa shape index (κ1) is 22.8. The molecule has 7 rings (SSSR count). The Morgan fingerprint density at radius 1 is 0.538 bits per heavy atom. The molecule has 0 radical (unpaired) electrons. The Kier molecular flexibility index (Phi) is 5.72. The van der Waals surface area contributed by atoms with E-state index in [2.05, 4.69) is 118 Å². The SMILES string of the molecule is c1ccc(-c2ccc(-c3cc(-c4cccc(-c5cccc6cccnc56)c4)nc(-c4cnc[nH]4)n3)cc2)cc1. The molecule has 3 aromatic heterocycles. The third-order valence-electron chi connectivity index (χ3n) is 6.86. The van der Waals surface area contributed by atoms with Gasteiger partial charge in [-0.25, -0.2) is 15.0 Å². The maximum Gasteiger partial charge on any atom is 0.178 e. The summed E-state index contributed by atoms with van der Waals surface area (Å²) in [7, 11) is 0. The molecule has 0 aliphatic carbocycles. The van der Waals surface area contributed by atoms with Crippen molar-refractivity contribution in [3.63, 3.8) is 0 Å². The molecule has 5 heteroatoms. The maximum atomic E-state index is 4.94. The lowest BCUT2D eigenvalue weighted by molar-refractivity contribution is 1.16. The molecule has 0 amide bonds. The predicted molar refractivity (Wildman–Crippen MR) is 157 cm³/mol. The summed E-state index contributed by atoms with van der Waals surface area (Å²) in [6, 6.07) is 39.7. The summed E-state index contributed by atoms with van der Waals surface area (Å²) in [4.78, 5) is 21.8. The van der Waals surface area contributed by atoms with Crippen molar-refractivity contribution in [2.45, 2.75) is 0 Å². The largest absolute Gasteiger partial charge is 0.342 e. The number of para-hydroxylation sites is 1. The van der Waals surface area contributed by atoms with Crippen LogP contribution < -0.4 is 0 Å². The first-order valence-corrected chi connectivity index (χ1v) is 12.8. The summed E-state index contributed by atoms with van der Waals surface area (Å²) in [6.45, 7) is 0. The minimum absolute atomic E-state index is 0.601. The highest BCUT2D eigenvalue weighted by atomic mass is 15.0. The Bertz CT molecular complexity index is 1890. The highest BCUT2D eigenvalue weighted by molar-refractivity contribution is 5.94. The van der Waals surface area contributed by atoms with Crippen LogP contribution in [-0.2, 0) is 0 Å². The van der Waals surface area contributed by atoms with Gasteiger partial charge < -0.3 is 4.98 Å². The molecule has 0 fully saturated rings. The first-order valence-electron chi connectivity index (χ1n) is 12.8. The van der Waals surface area contributed by atoms with Gasteiger partial charge in [-0.1, -0.05) is 97.1 Å². The zero-order valence-corrected chi connectivity index (χ0v) is 21.0. The van der Waals surface area contributed by atoms with Gasteiger partial charge in [-0.05, 0) is 34.9 Å². The highest BCUT2D eigenvalue weighted by Gasteiger charge is 2.13. The molecule has 5 nitrogen and oxygen atoms in total. The van der Waals surface area contributed by atoms with E-state index in [9.17, 15) is 0 Å². The van der Waals surface area contributed by atoms with E-state index in [-0.39, 0.29) is 0 Å². The standard InChI is InChI=1S/C34H23N5/c1-2-7-23(8-3-1)24-14-16-25(17-15-24)30-20-31(39-34(38-30)32-21-35-22-37-32)28-11-4-10-27(19-28)29-13-5-9-26-12-6-18-36-33(26)29/h1-22H,(H,35,37). The number of H-pyrrole nitrogens is 1. The summed E-state index contributed by atoms with van der Waals surface area (Å²) in [6.07, 6.45) is 5.24. The van der Waals surface area contributed by atoms with Gasteiger partial charge in [-0.15, -0.1) is 0 Å². The molecule has 0 bridgehead atoms.